The monoisotopic (exact) mass is 326 g/mol. The number of aromatic nitrogens is 3. The van der Waals surface area contributed by atoms with Crippen LogP contribution in [0.25, 0.3) is 16.9 Å². The van der Waals surface area contributed by atoms with Gasteiger partial charge < -0.3 is 5.32 Å². The average Bonchev–Trinajstić information content (AvgIpc) is 3.27. The number of hydrogen-bond donors (Lipinski definition) is 1. The summed E-state index contributed by atoms with van der Waals surface area (Å²) in [6.07, 6.45) is 3.73. The van der Waals surface area contributed by atoms with E-state index in [-0.39, 0.29) is 11.9 Å². The second-order valence-corrected chi connectivity index (χ2v) is 6.23. The highest BCUT2D eigenvalue weighted by molar-refractivity contribution is 6.32. The van der Waals surface area contributed by atoms with Gasteiger partial charge in [-0.25, -0.2) is 9.97 Å². The molecule has 116 valence electrons. The molecule has 23 heavy (non-hydrogen) atoms. The van der Waals surface area contributed by atoms with Gasteiger partial charge in [-0.15, -0.1) is 0 Å². The van der Waals surface area contributed by atoms with Crippen LogP contribution in [0.5, 0.6) is 0 Å². The summed E-state index contributed by atoms with van der Waals surface area (Å²) >= 11 is 6.37. The maximum Gasteiger partial charge on any atom is 0.287 e. The second kappa shape index (κ2) is 5.35. The lowest BCUT2D eigenvalue weighted by molar-refractivity contribution is 0.0939. The minimum Gasteiger partial charge on any atom is -0.347 e. The van der Waals surface area contributed by atoms with Crippen LogP contribution >= 0.6 is 11.6 Å². The Labute approximate surface area is 138 Å². The Morgan fingerprint density at radius 3 is 2.96 bits per heavy atom. The van der Waals surface area contributed by atoms with Crippen LogP contribution < -0.4 is 5.32 Å². The van der Waals surface area contributed by atoms with Crippen molar-refractivity contribution in [1.29, 1.82) is 0 Å². The molecule has 1 N–H and O–H groups in total. The number of imidazole rings is 1. The summed E-state index contributed by atoms with van der Waals surface area (Å²) in [6, 6.07) is 9.60. The number of nitrogens with one attached hydrogen (secondary N) is 1. The molecule has 1 saturated carbocycles. The van der Waals surface area contributed by atoms with Crippen molar-refractivity contribution in [1.82, 2.24) is 19.9 Å². The predicted octanol–water partition coefficient (Wildman–Crippen LogP) is 3.27. The summed E-state index contributed by atoms with van der Waals surface area (Å²) in [7, 11) is 0. The van der Waals surface area contributed by atoms with Gasteiger partial charge >= 0.3 is 0 Å². The number of fused-ring (bicyclic) bond motifs is 1. The van der Waals surface area contributed by atoms with E-state index in [0.717, 1.165) is 18.4 Å². The third kappa shape index (κ3) is 2.57. The van der Waals surface area contributed by atoms with E-state index in [1.165, 1.54) is 0 Å². The fourth-order valence-corrected chi connectivity index (χ4v) is 2.77. The van der Waals surface area contributed by atoms with Gasteiger partial charge in [-0.1, -0.05) is 17.7 Å². The van der Waals surface area contributed by atoms with E-state index in [9.17, 15) is 4.79 Å². The van der Waals surface area contributed by atoms with E-state index < -0.39 is 0 Å². The molecule has 2 aromatic heterocycles. The minimum absolute atomic E-state index is 0.192. The molecule has 2 heterocycles. The van der Waals surface area contributed by atoms with Crippen molar-refractivity contribution < 1.29 is 4.79 Å². The first-order valence-corrected chi connectivity index (χ1v) is 7.92. The highest BCUT2D eigenvalue weighted by atomic mass is 35.5. The van der Waals surface area contributed by atoms with Gasteiger partial charge in [0.15, 0.2) is 5.65 Å². The number of hydrogen-bond acceptors (Lipinski definition) is 3. The van der Waals surface area contributed by atoms with E-state index in [2.05, 4.69) is 15.3 Å². The van der Waals surface area contributed by atoms with Gasteiger partial charge in [-0.3, -0.25) is 9.36 Å². The predicted molar refractivity (Wildman–Crippen MR) is 89.1 cm³/mol. The average molecular weight is 327 g/mol. The Bertz CT molecular complexity index is 914. The molecule has 3 aromatic rings. The van der Waals surface area contributed by atoms with Gasteiger partial charge in [-0.05, 0) is 49.6 Å². The second-order valence-electron chi connectivity index (χ2n) is 5.82. The Balaban J connectivity index is 1.95. The largest absolute Gasteiger partial charge is 0.347 e. The Hall–Kier alpha value is -2.40. The fraction of sp³-hybridized carbons (Fsp3) is 0.235. The zero-order valence-corrected chi connectivity index (χ0v) is 13.3. The molecule has 5 nitrogen and oxygen atoms in total. The van der Waals surface area contributed by atoms with E-state index in [4.69, 9.17) is 11.6 Å². The molecule has 0 bridgehead atoms. The van der Waals surface area contributed by atoms with Crippen molar-refractivity contribution in [2.75, 3.05) is 0 Å². The maximum absolute atomic E-state index is 12.6. The van der Waals surface area contributed by atoms with Gasteiger partial charge in [0.1, 0.15) is 5.52 Å². The van der Waals surface area contributed by atoms with E-state index in [1.54, 1.807) is 16.8 Å². The van der Waals surface area contributed by atoms with Crippen LogP contribution in [-0.4, -0.2) is 26.5 Å². The molecular formula is C17H15ClN4O. The molecule has 1 aliphatic carbocycles. The van der Waals surface area contributed by atoms with Gasteiger partial charge in [0, 0.05) is 12.2 Å². The van der Waals surface area contributed by atoms with E-state index in [0.29, 0.717) is 27.7 Å². The molecule has 0 aliphatic heterocycles. The summed E-state index contributed by atoms with van der Waals surface area (Å²) in [5, 5.41) is 3.54. The van der Waals surface area contributed by atoms with Crippen molar-refractivity contribution in [3.8, 4) is 5.69 Å². The van der Waals surface area contributed by atoms with Gasteiger partial charge in [-0.2, -0.15) is 0 Å². The molecule has 1 aromatic carbocycles. The van der Waals surface area contributed by atoms with Crippen LogP contribution in [0, 0.1) is 6.92 Å². The molecule has 0 spiro atoms. The lowest BCUT2D eigenvalue weighted by atomic mass is 10.2. The zero-order valence-electron chi connectivity index (χ0n) is 12.6. The summed E-state index contributed by atoms with van der Waals surface area (Å²) in [5.41, 5.74) is 3.07. The van der Waals surface area contributed by atoms with Gasteiger partial charge in [0.05, 0.1) is 10.7 Å². The number of carbonyl (C=O) groups is 1. The summed E-state index contributed by atoms with van der Waals surface area (Å²) in [5.74, 6) is 0.126. The number of pyridine rings is 1. The number of nitrogens with zero attached hydrogens (tertiary/aromatic N) is 3. The first-order valence-electron chi connectivity index (χ1n) is 7.54. The van der Waals surface area contributed by atoms with Crippen molar-refractivity contribution in [2.45, 2.75) is 25.8 Å². The molecule has 6 heteroatoms. The van der Waals surface area contributed by atoms with Crippen LogP contribution in [0.15, 0.2) is 36.5 Å². The summed E-state index contributed by atoms with van der Waals surface area (Å²) in [4.78, 5) is 21.4. The molecule has 0 unspecified atom stereocenters. The van der Waals surface area contributed by atoms with Crippen LogP contribution in [0.2, 0.25) is 5.02 Å². The van der Waals surface area contributed by atoms with Crippen LogP contribution in [0.3, 0.4) is 0 Å². The van der Waals surface area contributed by atoms with E-state index in [1.807, 2.05) is 31.2 Å². The Morgan fingerprint density at radius 1 is 1.35 bits per heavy atom. The van der Waals surface area contributed by atoms with Gasteiger partial charge in [0.2, 0.25) is 5.82 Å². The quantitative estimate of drug-likeness (QED) is 0.803. The third-order valence-corrected chi connectivity index (χ3v) is 4.19. The topological polar surface area (TPSA) is 59.8 Å². The molecule has 4 rings (SSSR count). The minimum atomic E-state index is -0.192. The standard InChI is InChI=1S/C17H15ClN4O/c1-10-4-7-12(18)14(9-10)22-15-13(3-2-8-19-15)21-16(22)17(23)20-11-5-6-11/h2-4,7-9,11H,5-6H2,1H3,(H,20,23). The molecule has 1 fully saturated rings. The van der Waals surface area contributed by atoms with Crippen molar-refractivity contribution in [3.05, 3.63) is 52.9 Å². The molecule has 0 atom stereocenters. The van der Waals surface area contributed by atoms with Crippen LogP contribution in [0.4, 0.5) is 0 Å². The zero-order chi connectivity index (χ0) is 16.0. The maximum atomic E-state index is 12.6. The summed E-state index contributed by atoms with van der Waals surface area (Å²) in [6.45, 7) is 1.98. The normalized spacial score (nSPS) is 14.2. The number of halogens is 1. The number of carbonyl (C=O) groups excluding carboxylic acids is 1. The molecule has 0 radical (unpaired) electrons. The van der Waals surface area contributed by atoms with E-state index >= 15 is 0 Å². The number of aryl methyl sites for hydroxylation is 1. The highest BCUT2D eigenvalue weighted by Crippen LogP contribution is 2.27. The molecule has 1 aliphatic rings. The molecular weight excluding hydrogens is 312 g/mol. The van der Waals surface area contributed by atoms with Crippen LogP contribution in [0.1, 0.15) is 29.0 Å². The molecule has 1 amide bonds. The highest BCUT2D eigenvalue weighted by Gasteiger charge is 2.27. The Morgan fingerprint density at radius 2 is 2.17 bits per heavy atom. The number of rotatable bonds is 3. The lowest BCUT2D eigenvalue weighted by Crippen LogP contribution is -2.28. The fourth-order valence-electron chi connectivity index (χ4n) is 2.56. The summed E-state index contributed by atoms with van der Waals surface area (Å²) < 4.78 is 1.74. The third-order valence-electron chi connectivity index (χ3n) is 3.87. The smallest absolute Gasteiger partial charge is 0.287 e. The first kappa shape index (κ1) is 14.2. The number of benzene rings is 1. The SMILES string of the molecule is Cc1ccc(Cl)c(-n2c(C(=O)NC3CC3)nc3cccnc32)c1. The van der Waals surface area contributed by atoms with Crippen molar-refractivity contribution in [3.63, 3.8) is 0 Å². The Kier molecular flexibility index (Phi) is 3.31. The van der Waals surface area contributed by atoms with Gasteiger partial charge in [0.25, 0.3) is 5.91 Å². The van der Waals surface area contributed by atoms with Crippen molar-refractivity contribution in [2.24, 2.45) is 0 Å². The van der Waals surface area contributed by atoms with Crippen LogP contribution in [-0.2, 0) is 0 Å². The van der Waals surface area contributed by atoms with Crippen molar-refractivity contribution >= 4 is 28.7 Å². The first-order chi connectivity index (χ1) is 11.1. The number of amides is 1. The molecule has 0 saturated heterocycles. The lowest BCUT2D eigenvalue weighted by Gasteiger charge is -2.11.